The van der Waals surface area contributed by atoms with Gasteiger partial charge in [0.05, 0.1) is 0 Å². The Morgan fingerprint density at radius 1 is 1.40 bits per heavy atom. The number of rotatable bonds is 1. The van der Waals surface area contributed by atoms with E-state index < -0.39 is 0 Å². The standard InChI is InChI=1S/C9H10O/c1-7-4-3-5-8(2)9(7)6-10/h3-6H,1-2H3/i1D,2D. The number of carbonyl (C=O) groups is 1. The molecule has 52 valence electrons. The van der Waals surface area contributed by atoms with E-state index in [-0.39, 0.29) is 13.8 Å². The zero-order chi connectivity index (χ0) is 8.97. The fourth-order valence-corrected chi connectivity index (χ4v) is 0.818. The van der Waals surface area contributed by atoms with Crippen molar-refractivity contribution in [2.45, 2.75) is 13.8 Å². The molecule has 0 amide bonds. The molecule has 0 fully saturated rings. The summed E-state index contributed by atoms with van der Waals surface area (Å²) in [6.45, 7) is 0.198. The Labute approximate surface area is 63.5 Å². The molecule has 1 aromatic rings. The lowest BCUT2D eigenvalue weighted by atomic mass is 10.1. The van der Waals surface area contributed by atoms with Crippen LogP contribution in [0.15, 0.2) is 18.2 Å². The summed E-state index contributed by atoms with van der Waals surface area (Å²) in [6, 6.07) is 5.27. The van der Waals surface area contributed by atoms with Gasteiger partial charge in [0.25, 0.3) is 0 Å². The maximum Gasteiger partial charge on any atom is 0.150 e. The minimum absolute atomic E-state index is 0.0991. The van der Waals surface area contributed by atoms with Crippen molar-refractivity contribution >= 4 is 6.29 Å². The molecular weight excluding hydrogens is 124 g/mol. The highest BCUT2D eigenvalue weighted by Crippen LogP contribution is 2.09. The van der Waals surface area contributed by atoms with Crippen molar-refractivity contribution in [3.63, 3.8) is 0 Å². The molecule has 1 heteroatoms. The van der Waals surface area contributed by atoms with Crippen LogP contribution >= 0.6 is 0 Å². The molecule has 0 saturated heterocycles. The van der Waals surface area contributed by atoms with Gasteiger partial charge in [-0.1, -0.05) is 18.2 Å². The molecule has 10 heavy (non-hydrogen) atoms. The lowest BCUT2D eigenvalue weighted by Crippen LogP contribution is -1.89. The first-order valence-electron chi connectivity index (χ1n) is 4.39. The SMILES string of the molecule is [2H]Cc1cccc(C[2H])c1C=O. The lowest BCUT2D eigenvalue weighted by molar-refractivity contribution is 0.112. The van der Waals surface area contributed by atoms with Crippen LogP contribution in [0.3, 0.4) is 0 Å². The maximum atomic E-state index is 10.6. The highest BCUT2D eigenvalue weighted by atomic mass is 16.1. The smallest absolute Gasteiger partial charge is 0.150 e. The third-order valence-electron chi connectivity index (χ3n) is 1.40. The van der Waals surface area contributed by atoms with E-state index in [1.807, 2.05) is 0 Å². The van der Waals surface area contributed by atoms with Gasteiger partial charge in [-0.05, 0) is 24.9 Å². The second-order valence-electron chi connectivity index (χ2n) is 2.11. The van der Waals surface area contributed by atoms with Crippen LogP contribution in [-0.4, -0.2) is 6.29 Å². The Morgan fingerprint density at radius 3 is 2.40 bits per heavy atom. The Kier molecular flexibility index (Phi) is 1.24. The molecule has 0 N–H and O–H groups in total. The molecule has 0 aromatic heterocycles. The summed E-state index contributed by atoms with van der Waals surface area (Å²) in [4.78, 5) is 10.6. The van der Waals surface area contributed by atoms with E-state index >= 15 is 0 Å². The molecular formula is C9H10O. The Hall–Kier alpha value is -1.11. The van der Waals surface area contributed by atoms with Gasteiger partial charge in [0.1, 0.15) is 0 Å². The predicted octanol–water partition coefficient (Wildman–Crippen LogP) is 2.12. The minimum Gasteiger partial charge on any atom is -0.298 e. The highest BCUT2D eigenvalue weighted by Gasteiger charge is 1.97. The second kappa shape index (κ2) is 2.65. The quantitative estimate of drug-likeness (QED) is 0.540. The van der Waals surface area contributed by atoms with E-state index in [0.717, 1.165) is 6.29 Å². The zero-order valence-corrected chi connectivity index (χ0v) is 5.63. The summed E-state index contributed by atoms with van der Waals surface area (Å²) in [5.74, 6) is 0. The van der Waals surface area contributed by atoms with Crippen LogP contribution < -0.4 is 0 Å². The number of hydrogen-bond donors (Lipinski definition) is 0. The number of hydrogen-bond acceptors (Lipinski definition) is 1. The molecule has 1 aromatic carbocycles. The van der Waals surface area contributed by atoms with E-state index in [9.17, 15) is 4.79 Å². The number of carbonyl (C=O) groups excluding carboxylic acids is 1. The van der Waals surface area contributed by atoms with Crippen LogP contribution in [0.2, 0.25) is 0 Å². The van der Waals surface area contributed by atoms with E-state index in [1.165, 1.54) is 0 Å². The zero-order valence-electron chi connectivity index (χ0n) is 7.63. The Bertz CT molecular complexity index is 262. The third kappa shape index (κ3) is 1.08. The largest absolute Gasteiger partial charge is 0.298 e. The summed E-state index contributed by atoms with van der Waals surface area (Å²) in [6.07, 6.45) is 0.730. The fraction of sp³-hybridized carbons (Fsp3) is 0.222. The van der Waals surface area contributed by atoms with Gasteiger partial charge in [0.15, 0.2) is 6.29 Å². The third-order valence-corrected chi connectivity index (χ3v) is 1.40. The monoisotopic (exact) mass is 136 g/mol. The Morgan fingerprint density at radius 2 is 2.00 bits per heavy atom. The average molecular weight is 136 g/mol. The van der Waals surface area contributed by atoms with E-state index in [1.54, 1.807) is 18.2 Å². The molecule has 0 spiro atoms. The predicted molar refractivity (Wildman–Crippen MR) is 41.3 cm³/mol. The normalized spacial score (nSPS) is 12.0. The lowest BCUT2D eigenvalue weighted by Gasteiger charge is -1.99. The van der Waals surface area contributed by atoms with Crippen LogP contribution in [0.5, 0.6) is 0 Å². The van der Waals surface area contributed by atoms with Crippen molar-refractivity contribution in [2.24, 2.45) is 0 Å². The molecule has 0 unspecified atom stereocenters. The first-order chi connectivity index (χ1) is 5.83. The number of benzene rings is 1. The average Bonchev–Trinajstić information content (AvgIpc) is 2.16. The summed E-state index contributed by atoms with van der Waals surface area (Å²) >= 11 is 0. The molecule has 1 nitrogen and oxygen atoms in total. The van der Waals surface area contributed by atoms with Crippen LogP contribution in [0.4, 0.5) is 0 Å². The Balaban J connectivity index is 3.21. The van der Waals surface area contributed by atoms with Gasteiger partial charge < -0.3 is 0 Å². The summed E-state index contributed by atoms with van der Waals surface area (Å²) < 4.78 is 14.3. The molecule has 0 aliphatic carbocycles. The van der Waals surface area contributed by atoms with Gasteiger partial charge in [-0.3, -0.25) is 4.79 Å². The molecule has 0 bridgehead atoms. The molecule has 0 saturated carbocycles. The van der Waals surface area contributed by atoms with E-state index in [2.05, 4.69) is 0 Å². The summed E-state index contributed by atoms with van der Waals surface area (Å²) in [7, 11) is 0. The van der Waals surface area contributed by atoms with Gasteiger partial charge in [0, 0.05) is 8.30 Å². The molecule has 0 radical (unpaired) electrons. The molecule has 0 aliphatic heterocycles. The molecule has 0 heterocycles. The van der Waals surface area contributed by atoms with Crippen molar-refractivity contribution in [3.8, 4) is 0 Å². The van der Waals surface area contributed by atoms with Gasteiger partial charge in [0.2, 0.25) is 0 Å². The van der Waals surface area contributed by atoms with Crippen LogP contribution in [0.25, 0.3) is 0 Å². The summed E-state index contributed by atoms with van der Waals surface area (Å²) in [5, 5.41) is 0. The number of aldehydes is 1. The van der Waals surface area contributed by atoms with Gasteiger partial charge in [-0.25, -0.2) is 0 Å². The molecule has 1 rings (SSSR count). The van der Waals surface area contributed by atoms with Gasteiger partial charge >= 0.3 is 0 Å². The van der Waals surface area contributed by atoms with Crippen LogP contribution in [0, 0.1) is 13.8 Å². The first-order valence-corrected chi connectivity index (χ1v) is 2.98. The van der Waals surface area contributed by atoms with Crippen molar-refractivity contribution < 1.29 is 7.54 Å². The van der Waals surface area contributed by atoms with Crippen LogP contribution in [-0.2, 0) is 0 Å². The molecule has 0 aliphatic rings. The maximum absolute atomic E-state index is 10.6. The van der Waals surface area contributed by atoms with E-state index in [0.29, 0.717) is 16.7 Å². The van der Waals surface area contributed by atoms with Crippen molar-refractivity contribution in [2.75, 3.05) is 0 Å². The van der Waals surface area contributed by atoms with Crippen LogP contribution in [0.1, 0.15) is 24.2 Å². The second-order valence-corrected chi connectivity index (χ2v) is 2.11. The first kappa shape index (κ1) is 4.67. The topological polar surface area (TPSA) is 17.1 Å². The molecule has 0 atom stereocenters. The van der Waals surface area contributed by atoms with E-state index in [4.69, 9.17) is 2.74 Å². The van der Waals surface area contributed by atoms with Gasteiger partial charge in [-0.15, -0.1) is 0 Å². The van der Waals surface area contributed by atoms with Crippen molar-refractivity contribution in [3.05, 3.63) is 34.9 Å². The fourth-order valence-electron chi connectivity index (χ4n) is 0.818. The highest BCUT2D eigenvalue weighted by molar-refractivity contribution is 5.79. The van der Waals surface area contributed by atoms with Gasteiger partial charge in [-0.2, -0.15) is 0 Å². The minimum atomic E-state index is 0.0991. The van der Waals surface area contributed by atoms with Crippen molar-refractivity contribution in [1.82, 2.24) is 0 Å². The summed E-state index contributed by atoms with van der Waals surface area (Å²) in [5.41, 5.74) is 1.92. The van der Waals surface area contributed by atoms with Crippen molar-refractivity contribution in [1.29, 1.82) is 0 Å². The number of aryl methyl sites for hydroxylation is 2.